The molecule has 0 fully saturated rings. The molecule has 0 aliphatic heterocycles. The van der Waals surface area contributed by atoms with Crippen molar-refractivity contribution < 1.29 is 28.2 Å². The lowest BCUT2D eigenvalue weighted by atomic mass is 10.2. The number of nitrogens with two attached hydrogens (primary N) is 1. The van der Waals surface area contributed by atoms with Crippen LogP contribution < -0.4 is 5.73 Å². The van der Waals surface area contributed by atoms with Gasteiger partial charge in [0.15, 0.2) is 6.10 Å². The van der Waals surface area contributed by atoms with E-state index in [1.165, 1.54) is 0 Å². The molecule has 4 N–H and O–H groups in total. The number of aliphatic hydroxyl groups is 1. The van der Waals surface area contributed by atoms with Crippen LogP contribution in [0.1, 0.15) is 0 Å². The third-order valence-corrected chi connectivity index (χ3v) is 0.961. The van der Waals surface area contributed by atoms with Crippen LogP contribution in [0.2, 0.25) is 0 Å². The highest BCUT2D eigenvalue weighted by atomic mass is 19.4. The van der Waals surface area contributed by atoms with Crippen LogP contribution in [0.15, 0.2) is 0 Å². The second-order valence-electron chi connectivity index (χ2n) is 1.85. The maximum absolute atomic E-state index is 11.5. The van der Waals surface area contributed by atoms with E-state index in [1.807, 2.05) is 0 Å². The Morgan fingerprint density at radius 1 is 1.45 bits per heavy atom. The molecule has 2 unspecified atom stereocenters. The molecule has 0 saturated heterocycles. The van der Waals surface area contributed by atoms with E-state index in [0.29, 0.717) is 0 Å². The third-order valence-electron chi connectivity index (χ3n) is 0.961. The molecule has 4 nitrogen and oxygen atoms in total. The van der Waals surface area contributed by atoms with Gasteiger partial charge in [-0.2, -0.15) is 13.2 Å². The van der Waals surface area contributed by atoms with E-state index in [2.05, 4.69) is 5.73 Å². The molecule has 66 valence electrons. The molecule has 0 rings (SSSR count). The van der Waals surface area contributed by atoms with E-state index in [4.69, 9.17) is 10.2 Å². The standard InChI is InChI=1S/C4H6F3NO3/c5-4(6,7)2(9)1(8)3(10)11/h1-2,9H,8H2,(H,10,11). The number of carbonyl (C=O) groups is 1. The van der Waals surface area contributed by atoms with Gasteiger partial charge in [0.05, 0.1) is 0 Å². The second-order valence-corrected chi connectivity index (χ2v) is 1.85. The molecule has 0 aliphatic carbocycles. The molecule has 0 aromatic heterocycles. The van der Waals surface area contributed by atoms with E-state index in [-0.39, 0.29) is 0 Å². The fraction of sp³-hybridized carbons (Fsp3) is 0.750. The topological polar surface area (TPSA) is 83.6 Å². The number of carboxylic acids is 1. The molecule has 2 atom stereocenters. The van der Waals surface area contributed by atoms with Crippen LogP contribution in [-0.4, -0.2) is 34.5 Å². The Balaban J connectivity index is 4.25. The Morgan fingerprint density at radius 2 is 1.82 bits per heavy atom. The molecular formula is C4H6F3NO3. The number of halogens is 3. The number of hydrogen-bond donors (Lipinski definition) is 3. The molecule has 0 bridgehead atoms. The lowest BCUT2D eigenvalue weighted by Crippen LogP contribution is -2.49. The summed E-state index contributed by atoms with van der Waals surface area (Å²) in [4.78, 5) is 9.80. The summed E-state index contributed by atoms with van der Waals surface area (Å²) in [6, 6.07) is -2.32. The minimum absolute atomic E-state index is 1.89. The van der Waals surface area contributed by atoms with Gasteiger partial charge in [0.25, 0.3) is 0 Å². The van der Waals surface area contributed by atoms with E-state index < -0.39 is 24.3 Å². The lowest BCUT2D eigenvalue weighted by Gasteiger charge is -2.17. The highest BCUT2D eigenvalue weighted by Crippen LogP contribution is 2.21. The summed E-state index contributed by atoms with van der Waals surface area (Å²) in [7, 11) is 0. The third kappa shape index (κ3) is 2.72. The smallest absolute Gasteiger partial charge is 0.416 e. The quantitative estimate of drug-likeness (QED) is 0.516. The number of alkyl halides is 3. The van der Waals surface area contributed by atoms with Crippen molar-refractivity contribution in [3.05, 3.63) is 0 Å². The SMILES string of the molecule is NC(C(=O)O)C(O)C(F)(F)F. The Hall–Kier alpha value is -0.820. The number of aliphatic hydroxyl groups excluding tert-OH is 1. The monoisotopic (exact) mass is 173 g/mol. The van der Waals surface area contributed by atoms with Crippen molar-refractivity contribution in [2.75, 3.05) is 0 Å². The summed E-state index contributed by atoms with van der Waals surface area (Å²) in [5.74, 6) is -1.89. The molecular weight excluding hydrogens is 167 g/mol. The first-order valence-corrected chi connectivity index (χ1v) is 2.50. The number of hydrogen-bond acceptors (Lipinski definition) is 3. The first-order valence-electron chi connectivity index (χ1n) is 2.50. The molecule has 0 aromatic carbocycles. The molecule has 0 aromatic rings. The van der Waals surface area contributed by atoms with Crippen LogP contribution in [0.3, 0.4) is 0 Å². The van der Waals surface area contributed by atoms with E-state index in [0.717, 1.165) is 0 Å². The summed E-state index contributed by atoms with van der Waals surface area (Å²) in [5, 5.41) is 16.1. The maximum Gasteiger partial charge on any atom is 0.416 e. The molecule has 0 saturated carbocycles. The summed E-state index contributed by atoms with van der Waals surface area (Å²) >= 11 is 0. The average molecular weight is 173 g/mol. The van der Waals surface area contributed by atoms with Crippen molar-refractivity contribution in [1.29, 1.82) is 0 Å². The Kier molecular flexibility index (Phi) is 2.83. The minimum atomic E-state index is -4.99. The lowest BCUT2D eigenvalue weighted by molar-refractivity contribution is -0.212. The number of aliphatic carboxylic acids is 1. The zero-order chi connectivity index (χ0) is 9.23. The van der Waals surface area contributed by atoms with Gasteiger partial charge >= 0.3 is 12.1 Å². The zero-order valence-electron chi connectivity index (χ0n) is 5.17. The highest BCUT2D eigenvalue weighted by molar-refractivity contribution is 5.74. The van der Waals surface area contributed by atoms with Crippen LogP contribution in [0.25, 0.3) is 0 Å². The van der Waals surface area contributed by atoms with Crippen LogP contribution in [0.5, 0.6) is 0 Å². The molecule has 0 amide bonds. The highest BCUT2D eigenvalue weighted by Gasteiger charge is 2.44. The second kappa shape index (κ2) is 3.05. The van der Waals surface area contributed by atoms with Crippen molar-refractivity contribution in [2.45, 2.75) is 18.3 Å². The minimum Gasteiger partial charge on any atom is -0.480 e. The summed E-state index contributed by atoms with van der Waals surface area (Å²) in [6.45, 7) is 0. The predicted octanol–water partition coefficient (Wildman–Crippen LogP) is -0.679. The Bertz CT molecular complexity index is 157. The first-order chi connectivity index (χ1) is 4.76. The van der Waals surface area contributed by atoms with E-state index in [9.17, 15) is 18.0 Å². The maximum atomic E-state index is 11.5. The summed E-state index contributed by atoms with van der Waals surface area (Å²) in [5.41, 5.74) is 4.48. The molecule has 7 heteroatoms. The summed E-state index contributed by atoms with van der Waals surface area (Å²) < 4.78 is 34.4. The van der Waals surface area contributed by atoms with Gasteiger partial charge in [-0.25, -0.2) is 0 Å². The molecule has 11 heavy (non-hydrogen) atoms. The van der Waals surface area contributed by atoms with Gasteiger partial charge in [-0.1, -0.05) is 0 Å². The van der Waals surface area contributed by atoms with Crippen molar-refractivity contribution in [2.24, 2.45) is 5.73 Å². The van der Waals surface area contributed by atoms with Crippen LogP contribution in [0, 0.1) is 0 Å². The largest absolute Gasteiger partial charge is 0.480 e. The Morgan fingerprint density at radius 3 is 1.91 bits per heavy atom. The number of carboxylic acid groups (broad SMARTS) is 1. The van der Waals surface area contributed by atoms with E-state index >= 15 is 0 Å². The average Bonchev–Trinajstić information content (AvgIpc) is 1.82. The fourth-order valence-electron chi connectivity index (χ4n) is 0.339. The zero-order valence-corrected chi connectivity index (χ0v) is 5.17. The van der Waals surface area contributed by atoms with Gasteiger partial charge < -0.3 is 15.9 Å². The van der Waals surface area contributed by atoms with Crippen molar-refractivity contribution in [3.63, 3.8) is 0 Å². The van der Waals surface area contributed by atoms with Crippen molar-refractivity contribution in [3.8, 4) is 0 Å². The first kappa shape index (κ1) is 10.2. The van der Waals surface area contributed by atoms with Gasteiger partial charge in [-0.15, -0.1) is 0 Å². The van der Waals surface area contributed by atoms with Crippen LogP contribution in [-0.2, 0) is 4.79 Å². The Labute approximate surface area is 59.4 Å². The summed E-state index contributed by atoms with van der Waals surface area (Å²) in [6.07, 6.45) is -8.00. The fourth-order valence-corrected chi connectivity index (χ4v) is 0.339. The van der Waals surface area contributed by atoms with Crippen LogP contribution >= 0.6 is 0 Å². The van der Waals surface area contributed by atoms with Crippen molar-refractivity contribution in [1.82, 2.24) is 0 Å². The molecule has 0 radical (unpaired) electrons. The molecule has 0 spiro atoms. The normalized spacial score (nSPS) is 17.5. The van der Waals surface area contributed by atoms with Crippen molar-refractivity contribution >= 4 is 5.97 Å². The van der Waals surface area contributed by atoms with Crippen LogP contribution in [0.4, 0.5) is 13.2 Å². The van der Waals surface area contributed by atoms with Gasteiger partial charge in [0.1, 0.15) is 6.04 Å². The van der Waals surface area contributed by atoms with Gasteiger partial charge in [-0.3, -0.25) is 4.79 Å². The van der Waals surface area contributed by atoms with Gasteiger partial charge in [0.2, 0.25) is 0 Å². The predicted molar refractivity (Wildman–Crippen MR) is 27.7 cm³/mol. The number of rotatable bonds is 2. The van der Waals surface area contributed by atoms with Gasteiger partial charge in [-0.05, 0) is 0 Å². The molecule has 0 aliphatic rings. The van der Waals surface area contributed by atoms with Gasteiger partial charge in [0, 0.05) is 0 Å². The molecule has 0 heterocycles. The van der Waals surface area contributed by atoms with E-state index in [1.54, 1.807) is 0 Å².